The van der Waals surface area contributed by atoms with Crippen molar-refractivity contribution >= 4 is 28.7 Å². The second-order valence-corrected chi connectivity index (χ2v) is 6.90. The minimum Gasteiger partial charge on any atom is -0.497 e. The Labute approximate surface area is 167 Å². The predicted octanol–water partition coefficient (Wildman–Crippen LogP) is 4.96. The molecule has 0 aliphatic rings. The predicted molar refractivity (Wildman–Crippen MR) is 113 cm³/mol. The Kier molecular flexibility index (Phi) is 5.44. The summed E-state index contributed by atoms with van der Waals surface area (Å²) in [7, 11) is 1.66. The van der Waals surface area contributed by atoms with Crippen molar-refractivity contribution in [2.75, 3.05) is 17.7 Å². The number of nitrogens with zero attached hydrogens (tertiary/aromatic N) is 3. The molecule has 0 aliphatic carbocycles. The van der Waals surface area contributed by atoms with E-state index in [0.717, 1.165) is 39.3 Å². The molecule has 0 unspecified atom stereocenters. The first kappa shape index (κ1) is 17.9. The molecule has 3 aromatic heterocycles. The third-order valence-electron chi connectivity index (χ3n) is 4.05. The summed E-state index contributed by atoms with van der Waals surface area (Å²) in [5.41, 5.74) is 2.93. The number of rotatable bonds is 7. The zero-order chi connectivity index (χ0) is 19.2. The Morgan fingerprint density at radius 3 is 2.71 bits per heavy atom. The number of aromatic nitrogens is 3. The van der Waals surface area contributed by atoms with E-state index in [1.807, 2.05) is 66.2 Å². The van der Waals surface area contributed by atoms with Crippen LogP contribution in [0.3, 0.4) is 0 Å². The van der Waals surface area contributed by atoms with Gasteiger partial charge >= 0.3 is 0 Å². The molecule has 1 aromatic carbocycles. The summed E-state index contributed by atoms with van der Waals surface area (Å²) in [5, 5.41) is 9.45. The van der Waals surface area contributed by atoms with Gasteiger partial charge in [0.2, 0.25) is 0 Å². The van der Waals surface area contributed by atoms with Gasteiger partial charge in [0, 0.05) is 36.1 Å². The van der Waals surface area contributed by atoms with Crippen molar-refractivity contribution in [1.29, 1.82) is 0 Å². The monoisotopic (exact) mass is 389 g/mol. The maximum absolute atomic E-state index is 5.24. The number of anilines is 3. The van der Waals surface area contributed by atoms with Crippen molar-refractivity contribution in [3.63, 3.8) is 0 Å². The summed E-state index contributed by atoms with van der Waals surface area (Å²) in [6.45, 7) is 0.679. The molecule has 0 saturated carbocycles. The summed E-state index contributed by atoms with van der Waals surface area (Å²) >= 11 is 1.57. The molecule has 0 atom stereocenters. The first-order chi connectivity index (χ1) is 13.8. The van der Waals surface area contributed by atoms with Gasteiger partial charge in [-0.3, -0.25) is 0 Å². The van der Waals surface area contributed by atoms with Gasteiger partial charge in [0.1, 0.15) is 28.1 Å². The molecule has 0 amide bonds. The quantitative estimate of drug-likeness (QED) is 0.465. The minimum atomic E-state index is 0.679. The number of benzene rings is 1. The van der Waals surface area contributed by atoms with Crippen LogP contribution in [0.25, 0.3) is 10.7 Å². The molecule has 4 aromatic rings. The molecule has 0 radical (unpaired) electrons. The minimum absolute atomic E-state index is 0.679. The van der Waals surface area contributed by atoms with Crippen LogP contribution in [0, 0.1) is 0 Å². The Morgan fingerprint density at radius 2 is 1.93 bits per heavy atom. The largest absolute Gasteiger partial charge is 0.497 e. The van der Waals surface area contributed by atoms with E-state index in [1.54, 1.807) is 24.6 Å². The fourth-order valence-corrected chi connectivity index (χ4v) is 3.25. The molecule has 2 N–H and O–H groups in total. The van der Waals surface area contributed by atoms with Crippen molar-refractivity contribution in [3.05, 3.63) is 77.9 Å². The molecule has 3 heterocycles. The first-order valence-corrected chi connectivity index (χ1v) is 9.65. The van der Waals surface area contributed by atoms with E-state index < -0.39 is 0 Å². The van der Waals surface area contributed by atoms with Gasteiger partial charge in [0.05, 0.1) is 7.11 Å². The van der Waals surface area contributed by atoms with Crippen LogP contribution in [0.5, 0.6) is 5.75 Å². The molecular weight excluding hydrogens is 370 g/mol. The smallest absolute Gasteiger partial charge is 0.141 e. The van der Waals surface area contributed by atoms with Crippen molar-refractivity contribution in [2.24, 2.45) is 0 Å². The van der Waals surface area contributed by atoms with Crippen LogP contribution >= 0.6 is 11.3 Å². The van der Waals surface area contributed by atoms with Gasteiger partial charge in [-0.1, -0.05) is 18.2 Å². The average Bonchev–Trinajstić information content (AvgIpc) is 3.29. The first-order valence-electron chi connectivity index (χ1n) is 8.77. The molecule has 28 heavy (non-hydrogen) atoms. The number of hydrogen-bond acceptors (Lipinski definition) is 7. The van der Waals surface area contributed by atoms with Gasteiger partial charge in [-0.2, -0.15) is 0 Å². The molecule has 7 heteroatoms. The van der Waals surface area contributed by atoms with E-state index in [4.69, 9.17) is 4.74 Å². The highest BCUT2D eigenvalue weighted by atomic mass is 32.1. The summed E-state index contributed by atoms with van der Waals surface area (Å²) < 4.78 is 5.24. The number of nitrogens with one attached hydrogen (secondary N) is 2. The van der Waals surface area contributed by atoms with Crippen LogP contribution in [0.2, 0.25) is 0 Å². The number of hydrogen-bond donors (Lipinski definition) is 2. The highest BCUT2D eigenvalue weighted by molar-refractivity contribution is 7.13. The number of thiazole rings is 1. The van der Waals surface area contributed by atoms with Gasteiger partial charge in [0.25, 0.3) is 0 Å². The number of pyridine rings is 2. The van der Waals surface area contributed by atoms with E-state index in [2.05, 4.69) is 25.6 Å². The third kappa shape index (κ3) is 4.44. The second-order valence-electron chi connectivity index (χ2n) is 6.01. The lowest BCUT2D eigenvalue weighted by Crippen LogP contribution is -2.01. The Hall–Kier alpha value is -3.45. The van der Waals surface area contributed by atoms with E-state index in [1.165, 1.54) is 0 Å². The van der Waals surface area contributed by atoms with E-state index in [-0.39, 0.29) is 0 Å². The highest BCUT2D eigenvalue weighted by Gasteiger charge is 2.04. The van der Waals surface area contributed by atoms with Crippen molar-refractivity contribution in [3.8, 4) is 16.5 Å². The van der Waals surface area contributed by atoms with Crippen molar-refractivity contribution < 1.29 is 4.74 Å². The molecular formula is C21H19N5OS. The molecule has 0 fully saturated rings. The van der Waals surface area contributed by atoms with Gasteiger partial charge in [-0.05, 0) is 35.9 Å². The molecule has 140 valence electrons. The van der Waals surface area contributed by atoms with Gasteiger partial charge in [0.15, 0.2) is 0 Å². The van der Waals surface area contributed by atoms with Crippen molar-refractivity contribution in [2.45, 2.75) is 6.54 Å². The van der Waals surface area contributed by atoms with Crippen LogP contribution < -0.4 is 15.4 Å². The maximum atomic E-state index is 5.24. The summed E-state index contributed by atoms with van der Waals surface area (Å²) in [4.78, 5) is 13.4. The molecule has 4 rings (SSSR count). The fourth-order valence-electron chi connectivity index (χ4n) is 2.64. The van der Waals surface area contributed by atoms with E-state index in [9.17, 15) is 0 Å². The lowest BCUT2D eigenvalue weighted by Gasteiger charge is -2.09. The SMILES string of the molecule is COc1cccc(NCc2ccc(Nc3cccc(-c4nccs4)n3)nc2)c1. The molecule has 0 bridgehead atoms. The maximum Gasteiger partial charge on any atom is 0.141 e. The highest BCUT2D eigenvalue weighted by Crippen LogP contribution is 2.22. The third-order valence-corrected chi connectivity index (χ3v) is 4.84. The van der Waals surface area contributed by atoms with Crippen molar-refractivity contribution in [1.82, 2.24) is 15.0 Å². The lowest BCUT2D eigenvalue weighted by molar-refractivity contribution is 0.415. The zero-order valence-corrected chi connectivity index (χ0v) is 16.1. The van der Waals surface area contributed by atoms with E-state index >= 15 is 0 Å². The molecule has 0 saturated heterocycles. The second kappa shape index (κ2) is 8.49. The average molecular weight is 389 g/mol. The normalized spacial score (nSPS) is 10.5. The fraction of sp³-hybridized carbons (Fsp3) is 0.0952. The van der Waals surface area contributed by atoms with Crippen LogP contribution in [0.4, 0.5) is 17.3 Å². The topological polar surface area (TPSA) is 72.0 Å². The molecule has 0 aliphatic heterocycles. The lowest BCUT2D eigenvalue weighted by atomic mass is 10.2. The van der Waals surface area contributed by atoms with Crippen LogP contribution in [-0.4, -0.2) is 22.1 Å². The van der Waals surface area contributed by atoms with Crippen LogP contribution in [0.15, 0.2) is 72.4 Å². The Bertz CT molecular complexity index is 1030. The standard InChI is InChI=1S/C21H19N5OS/c1-27-17-5-2-4-16(12-17)23-13-15-8-9-19(24-14-15)26-20-7-3-6-18(25-20)21-22-10-11-28-21/h2-12,14,23H,13H2,1H3,(H,24,25,26). The van der Waals surface area contributed by atoms with Gasteiger partial charge < -0.3 is 15.4 Å². The molecule has 6 nitrogen and oxygen atoms in total. The van der Waals surface area contributed by atoms with Gasteiger partial charge in [-0.25, -0.2) is 15.0 Å². The molecule has 0 spiro atoms. The van der Waals surface area contributed by atoms with Crippen LogP contribution in [0.1, 0.15) is 5.56 Å². The van der Waals surface area contributed by atoms with Crippen LogP contribution in [-0.2, 0) is 6.54 Å². The van der Waals surface area contributed by atoms with Gasteiger partial charge in [-0.15, -0.1) is 11.3 Å². The summed E-state index contributed by atoms with van der Waals surface area (Å²) in [6.07, 6.45) is 3.63. The Morgan fingerprint density at radius 1 is 1.00 bits per heavy atom. The zero-order valence-electron chi connectivity index (χ0n) is 15.3. The number of ether oxygens (including phenoxy) is 1. The Balaban J connectivity index is 1.39. The van der Waals surface area contributed by atoms with E-state index in [0.29, 0.717) is 6.54 Å². The summed E-state index contributed by atoms with van der Waals surface area (Å²) in [5.74, 6) is 2.31. The number of methoxy groups -OCH3 is 1. The summed E-state index contributed by atoms with van der Waals surface area (Å²) in [6, 6.07) is 17.6.